The zero-order valence-electron chi connectivity index (χ0n) is 13.0. The number of carbonyl (C=O) groups excluding carboxylic acids is 2. The lowest BCUT2D eigenvalue weighted by Gasteiger charge is -2.20. The maximum absolute atomic E-state index is 11.9. The molecule has 0 aromatic heterocycles. The smallest absolute Gasteiger partial charge is 0.239 e. The zero-order chi connectivity index (χ0) is 15.0. The van der Waals surface area contributed by atoms with Gasteiger partial charge in [-0.3, -0.25) is 9.59 Å². The molecule has 5 nitrogen and oxygen atoms in total. The summed E-state index contributed by atoms with van der Waals surface area (Å²) in [4.78, 5) is 23.5. The van der Waals surface area contributed by atoms with E-state index >= 15 is 0 Å². The van der Waals surface area contributed by atoms with Crippen LogP contribution in [0.2, 0.25) is 0 Å². The molecule has 5 heteroatoms. The summed E-state index contributed by atoms with van der Waals surface area (Å²) in [6, 6.07) is -0.129. The highest BCUT2D eigenvalue weighted by Crippen LogP contribution is 2.04. The molecular weight excluding hydrogens is 242 g/mol. The largest absolute Gasteiger partial charge is 0.352 e. The summed E-state index contributed by atoms with van der Waals surface area (Å²) in [5.41, 5.74) is 0. The van der Waals surface area contributed by atoms with Crippen molar-refractivity contribution in [2.75, 3.05) is 13.6 Å². The molecule has 0 spiro atoms. The summed E-state index contributed by atoms with van der Waals surface area (Å²) in [6.45, 7) is 10.2. The fourth-order valence-corrected chi connectivity index (χ4v) is 1.59. The molecule has 19 heavy (non-hydrogen) atoms. The highest BCUT2D eigenvalue weighted by molar-refractivity contribution is 5.87. The Balaban J connectivity index is 4.10. The molecule has 0 rings (SSSR count). The van der Waals surface area contributed by atoms with Crippen molar-refractivity contribution >= 4 is 11.8 Å². The molecule has 0 saturated carbocycles. The number of likely N-dealkylation sites (N-methyl/N-ethyl adjacent to an activating group) is 1. The van der Waals surface area contributed by atoms with Gasteiger partial charge in [0.2, 0.25) is 11.8 Å². The van der Waals surface area contributed by atoms with E-state index in [-0.39, 0.29) is 30.4 Å². The number of rotatable bonds is 8. The van der Waals surface area contributed by atoms with E-state index in [4.69, 9.17) is 0 Å². The Kier molecular flexibility index (Phi) is 8.39. The SMILES string of the molecule is CNC(CC(C)C)C(=O)NCC(=O)NC(C)C(C)C. The first kappa shape index (κ1) is 17.9. The van der Waals surface area contributed by atoms with Crippen LogP contribution < -0.4 is 16.0 Å². The highest BCUT2D eigenvalue weighted by Gasteiger charge is 2.18. The lowest BCUT2D eigenvalue weighted by atomic mass is 10.0. The molecule has 0 aliphatic carbocycles. The summed E-state index contributed by atoms with van der Waals surface area (Å²) >= 11 is 0. The van der Waals surface area contributed by atoms with E-state index in [1.165, 1.54) is 0 Å². The van der Waals surface area contributed by atoms with E-state index in [1.54, 1.807) is 7.05 Å². The van der Waals surface area contributed by atoms with Crippen LogP contribution in [0.1, 0.15) is 41.0 Å². The standard InChI is InChI=1S/C14H29N3O2/c1-9(2)7-12(15-6)14(19)16-8-13(18)17-11(5)10(3)4/h9-12,15H,7-8H2,1-6H3,(H,16,19)(H,17,18). The van der Waals surface area contributed by atoms with Crippen molar-refractivity contribution in [3.63, 3.8) is 0 Å². The van der Waals surface area contributed by atoms with Crippen LogP contribution in [0, 0.1) is 11.8 Å². The minimum absolute atomic E-state index is 0.0339. The summed E-state index contributed by atoms with van der Waals surface area (Å²) in [6.07, 6.45) is 0.756. The maximum atomic E-state index is 11.9. The lowest BCUT2D eigenvalue weighted by Crippen LogP contribution is -2.48. The third kappa shape index (κ3) is 7.82. The zero-order valence-corrected chi connectivity index (χ0v) is 13.0. The average Bonchev–Trinajstić information content (AvgIpc) is 2.32. The fraction of sp³-hybridized carbons (Fsp3) is 0.857. The van der Waals surface area contributed by atoms with Crippen molar-refractivity contribution in [3.8, 4) is 0 Å². The van der Waals surface area contributed by atoms with E-state index in [0.29, 0.717) is 11.8 Å². The van der Waals surface area contributed by atoms with E-state index < -0.39 is 0 Å². The van der Waals surface area contributed by atoms with Crippen LogP contribution in [0.25, 0.3) is 0 Å². The quantitative estimate of drug-likeness (QED) is 0.614. The number of nitrogens with one attached hydrogen (secondary N) is 3. The molecular formula is C14H29N3O2. The monoisotopic (exact) mass is 271 g/mol. The summed E-state index contributed by atoms with van der Waals surface area (Å²) < 4.78 is 0. The molecule has 0 saturated heterocycles. The highest BCUT2D eigenvalue weighted by atomic mass is 16.2. The molecule has 0 aliphatic heterocycles. The second kappa shape index (κ2) is 8.91. The molecule has 0 bridgehead atoms. The van der Waals surface area contributed by atoms with E-state index in [2.05, 4.69) is 29.8 Å². The predicted molar refractivity (Wildman–Crippen MR) is 77.8 cm³/mol. The van der Waals surface area contributed by atoms with Crippen LogP contribution in [-0.2, 0) is 9.59 Å². The molecule has 2 amide bonds. The van der Waals surface area contributed by atoms with Crippen LogP contribution in [0.5, 0.6) is 0 Å². The summed E-state index contributed by atoms with van der Waals surface area (Å²) in [5, 5.41) is 8.50. The molecule has 0 radical (unpaired) electrons. The molecule has 0 fully saturated rings. The molecule has 0 heterocycles. The van der Waals surface area contributed by atoms with Gasteiger partial charge in [0.1, 0.15) is 0 Å². The minimum Gasteiger partial charge on any atom is -0.352 e. The molecule has 3 N–H and O–H groups in total. The van der Waals surface area contributed by atoms with Crippen molar-refractivity contribution in [1.29, 1.82) is 0 Å². The van der Waals surface area contributed by atoms with Gasteiger partial charge in [0, 0.05) is 6.04 Å². The molecule has 112 valence electrons. The van der Waals surface area contributed by atoms with Crippen LogP contribution in [0.15, 0.2) is 0 Å². The Morgan fingerprint density at radius 1 is 1.05 bits per heavy atom. The number of carbonyl (C=O) groups is 2. The average molecular weight is 271 g/mol. The molecule has 0 aliphatic rings. The molecule has 2 atom stereocenters. The summed E-state index contributed by atoms with van der Waals surface area (Å²) in [7, 11) is 1.76. The van der Waals surface area contributed by atoms with Crippen molar-refractivity contribution in [2.45, 2.75) is 53.1 Å². The first-order valence-corrected chi connectivity index (χ1v) is 7.02. The van der Waals surface area contributed by atoms with Crippen molar-refractivity contribution < 1.29 is 9.59 Å². The Labute approximate surface area is 116 Å². The Morgan fingerprint density at radius 2 is 1.63 bits per heavy atom. The van der Waals surface area contributed by atoms with Gasteiger partial charge >= 0.3 is 0 Å². The van der Waals surface area contributed by atoms with Crippen LogP contribution in [0.4, 0.5) is 0 Å². The number of hydrogen-bond donors (Lipinski definition) is 3. The number of amides is 2. The summed E-state index contributed by atoms with van der Waals surface area (Å²) in [5.74, 6) is 0.543. The van der Waals surface area contributed by atoms with E-state index in [9.17, 15) is 9.59 Å². The second-order valence-corrected chi connectivity index (χ2v) is 5.79. The number of hydrogen-bond acceptors (Lipinski definition) is 3. The van der Waals surface area contributed by atoms with Crippen molar-refractivity contribution in [1.82, 2.24) is 16.0 Å². The Bertz CT molecular complexity index is 290. The van der Waals surface area contributed by atoms with Gasteiger partial charge < -0.3 is 16.0 Å². The maximum Gasteiger partial charge on any atom is 0.239 e. The molecule has 0 aromatic rings. The van der Waals surface area contributed by atoms with Crippen LogP contribution in [-0.4, -0.2) is 37.5 Å². The molecule has 2 unspecified atom stereocenters. The van der Waals surface area contributed by atoms with Gasteiger partial charge in [0.15, 0.2) is 0 Å². The Morgan fingerprint density at radius 3 is 2.05 bits per heavy atom. The third-order valence-electron chi connectivity index (χ3n) is 3.18. The lowest BCUT2D eigenvalue weighted by molar-refractivity contribution is -0.127. The normalized spacial score (nSPS) is 14.3. The van der Waals surface area contributed by atoms with Gasteiger partial charge in [-0.2, -0.15) is 0 Å². The van der Waals surface area contributed by atoms with Gasteiger partial charge in [0.05, 0.1) is 12.6 Å². The van der Waals surface area contributed by atoms with Crippen LogP contribution >= 0.6 is 0 Å². The first-order chi connectivity index (χ1) is 8.77. The second-order valence-electron chi connectivity index (χ2n) is 5.79. The van der Waals surface area contributed by atoms with E-state index in [1.807, 2.05) is 20.8 Å². The van der Waals surface area contributed by atoms with Gasteiger partial charge in [-0.05, 0) is 32.2 Å². The third-order valence-corrected chi connectivity index (χ3v) is 3.18. The minimum atomic E-state index is -0.240. The first-order valence-electron chi connectivity index (χ1n) is 7.02. The molecule has 0 aromatic carbocycles. The van der Waals surface area contributed by atoms with Gasteiger partial charge in [-0.1, -0.05) is 27.7 Å². The van der Waals surface area contributed by atoms with Crippen molar-refractivity contribution in [2.24, 2.45) is 11.8 Å². The van der Waals surface area contributed by atoms with E-state index in [0.717, 1.165) is 6.42 Å². The van der Waals surface area contributed by atoms with Gasteiger partial charge in [-0.15, -0.1) is 0 Å². The predicted octanol–water partition coefficient (Wildman–Crippen LogP) is 0.897. The fourth-order valence-electron chi connectivity index (χ4n) is 1.59. The topological polar surface area (TPSA) is 70.2 Å². The van der Waals surface area contributed by atoms with Gasteiger partial charge in [-0.25, -0.2) is 0 Å². The van der Waals surface area contributed by atoms with Crippen LogP contribution in [0.3, 0.4) is 0 Å². The Hall–Kier alpha value is -1.10. The van der Waals surface area contributed by atoms with Gasteiger partial charge in [0.25, 0.3) is 0 Å². The van der Waals surface area contributed by atoms with Crippen molar-refractivity contribution in [3.05, 3.63) is 0 Å².